The number of rotatable bonds is 5. The molecular weight excluding hydrogens is 272 g/mol. The summed E-state index contributed by atoms with van der Waals surface area (Å²) >= 11 is 1.08. The topological polar surface area (TPSA) is 92.9 Å². The highest BCUT2D eigenvalue weighted by Gasteiger charge is 2.36. The molecule has 0 aromatic carbocycles. The van der Waals surface area contributed by atoms with E-state index in [0.717, 1.165) is 16.9 Å². The van der Waals surface area contributed by atoms with Crippen LogP contribution in [0.2, 0.25) is 0 Å². The first-order valence-corrected chi connectivity index (χ1v) is 6.59. The molecule has 2 atom stereocenters. The van der Waals surface area contributed by atoms with Crippen molar-refractivity contribution < 1.29 is 19.6 Å². The maximum atomic E-state index is 11.1. The van der Waals surface area contributed by atoms with Crippen molar-refractivity contribution in [2.24, 2.45) is 5.92 Å². The number of carboxylic acid groups (broad SMARTS) is 1. The summed E-state index contributed by atoms with van der Waals surface area (Å²) < 4.78 is 5.21. The number of hydrogen-bond acceptors (Lipinski definition) is 6. The van der Waals surface area contributed by atoms with Crippen LogP contribution in [0, 0.1) is 16.0 Å². The highest BCUT2D eigenvalue weighted by Crippen LogP contribution is 2.26. The zero-order valence-corrected chi connectivity index (χ0v) is 11.1. The number of hydrogen-bond donors (Lipinski definition) is 1. The lowest BCUT2D eigenvalue weighted by molar-refractivity contribution is -0.380. The van der Waals surface area contributed by atoms with E-state index >= 15 is 0 Å². The molecular formula is C11H14N2O5S. The summed E-state index contributed by atoms with van der Waals surface area (Å²) in [6, 6.07) is 1.32. The SMILES string of the molecule is CN(Cc1csc([N+](=O)[O-])c1)C1COCC1C(=O)O. The molecule has 1 aliphatic rings. The van der Waals surface area contributed by atoms with Crippen LogP contribution < -0.4 is 0 Å². The van der Waals surface area contributed by atoms with E-state index in [1.807, 2.05) is 4.90 Å². The highest BCUT2D eigenvalue weighted by molar-refractivity contribution is 7.13. The van der Waals surface area contributed by atoms with Crippen LogP contribution in [0.25, 0.3) is 0 Å². The van der Waals surface area contributed by atoms with E-state index in [4.69, 9.17) is 9.84 Å². The van der Waals surface area contributed by atoms with E-state index in [1.54, 1.807) is 12.4 Å². The molecule has 0 bridgehead atoms. The van der Waals surface area contributed by atoms with Gasteiger partial charge in [-0.2, -0.15) is 0 Å². The molecule has 1 saturated heterocycles. The van der Waals surface area contributed by atoms with Crippen LogP contribution >= 0.6 is 11.3 Å². The minimum Gasteiger partial charge on any atom is -0.481 e. The first kappa shape index (κ1) is 13.9. The van der Waals surface area contributed by atoms with E-state index < -0.39 is 16.8 Å². The summed E-state index contributed by atoms with van der Waals surface area (Å²) in [6.07, 6.45) is 0. The maximum absolute atomic E-state index is 11.1. The number of aliphatic carboxylic acids is 1. The Hall–Kier alpha value is -1.51. The van der Waals surface area contributed by atoms with Crippen LogP contribution in [-0.4, -0.2) is 47.2 Å². The van der Waals surface area contributed by atoms with Crippen LogP contribution in [0.15, 0.2) is 11.4 Å². The zero-order valence-electron chi connectivity index (χ0n) is 10.3. The predicted molar refractivity (Wildman–Crippen MR) is 68.2 cm³/mol. The summed E-state index contributed by atoms with van der Waals surface area (Å²) in [4.78, 5) is 23.1. The first-order chi connectivity index (χ1) is 8.99. The van der Waals surface area contributed by atoms with Crippen LogP contribution in [0.3, 0.4) is 0 Å². The lowest BCUT2D eigenvalue weighted by Gasteiger charge is -2.25. The summed E-state index contributed by atoms with van der Waals surface area (Å²) in [5.41, 5.74) is 0.815. The summed E-state index contributed by atoms with van der Waals surface area (Å²) in [5.74, 6) is -1.41. The number of thiophene rings is 1. The molecule has 0 amide bonds. The minimum atomic E-state index is -0.870. The number of carboxylic acids is 1. The molecule has 104 valence electrons. The third-order valence-corrected chi connectivity index (χ3v) is 4.11. The van der Waals surface area contributed by atoms with E-state index in [-0.39, 0.29) is 17.6 Å². The smallest absolute Gasteiger partial charge is 0.324 e. The molecule has 1 N–H and O–H groups in total. The van der Waals surface area contributed by atoms with Gasteiger partial charge >= 0.3 is 11.0 Å². The lowest BCUT2D eigenvalue weighted by Crippen LogP contribution is -2.40. The molecule has 0 spiro atoms. The number of carbonyl (C=O) groups is 1. The summed E-state index contributed by atoms with van der Waals surface area (Å²) in [5, 5.41) is 21.5. The normalized spacial score (nSPS) is 22.8. The van der Waals surface area contributed by atoms with Crippen molar-refractivity contribution in [2.45, 2.75) is 12.6 Å². The van der Waals surface area contributed by atoms with Gasteiger partial charge < -0.3 is 9.84 Å². The molecule has 1 aliphatic heterocycles. The molecule has 7 nitrogen and oxygen atoms in total. The molecule has 1 fully saturated rings. The van der Waals surface area contributed by atoms with Crippen LogP contribution in [0.4, 0.5) is 5.00 Å². The third kappa shape index (κ3) is 3.09. The van der Waals surface area contributed by atoms with Gasteiger partial charge in [0, 0.05) is 24.0 Å². The van der Waals surface area contributed by atoms with Crippen molar-refractivity contribution in [3.63, 3.8) is 0 Å². The van der Waals surface area contributed by atoms with E-state index in [2.05, 4.69) is 0 Å². The quantitative estimate of drug-likeness (QED) is 0.645. The molecule has 0 aliphatic carbocycles. The van der Waals surface area contributed by atoms with Crippen molar-refractivity contribution in [3.8, 4) is 0 Å². The van der Waals surface area contributed by atoms with Gasteiger partial charge in [0.25, 0.3) is 0 Å². The second-order valence-electron chi connectivity index (χ2n) is 4.51. The van der Waals surface area contributed by atoms with Crippen molar-refractivity contribution >= 4 is 22.3 Å². The maximum Gasteiger partial charge on any atom is 0.324 e. The molecule has 2 heterocycles. The van der Waals surface area contributed by atoms with Gasteiger partial charge in [-0.15, -0.1) is 0 Å². The van der Waals surface area contributed by atoms with Gasteiger partial charge in [-0.1, -0.05) is 11.3 Å². The number of nitro groups is 1. The average molecular weight is 286 g/mol. The number of nitrogens with zero attached hydrogens (tertiary/aromatic N) is 2. The number of ether oxygens (including phenoxy) is 1. The Morgan fingerprint density at radius 3 is 3.00 bits per heavy atom. The van der Waals surface area contributed by atoms with Gasteiger partial charge in [-0.05, 0) is 12.6 Å². The Labute approximate surface area is 113 Å². The largest absolute Gasteiger partial charge is 0.481 e. The molecule has 1 aromatic heterocycles. The van der Waals surface area contributed by atoms with Crippen molar-refractivity contribution in [2.75, 3.05) is 20.3 Å². The zero-order chi connectivity index (χ0) is 14.0. The third-order valence-electron chi connectivity index (χ3n) is 3.19. The van der Waals surface area contributed by atoms with Gasteiger partial charge in [-0.3, -0.25) is 19.8 Å². The van der Waals surface area contributed by atoms with Gasteiger partial charge in [0.15, 0.2) is 0 Å². The summed E-state index contributed by atoms with van der Waals surface area (Å²) in [7, 11) is 1.80. The minimum absolute atomic E-state index is 0.0980. The first-order valence-electron chi connectivity index (χ1n) is 5.71. The van der Waals surface area contributed by atoms with Crippen molar-refractivity contribution in [3.05, 3.63) is 27.1 Å². The average Bonchev–Trinajstić information content (AvgIpc) is 2.96. The molecule has 1 aromatic rings. The predicted octanol–water partition coefficient (Wildman–Crippen LogP) is 1.19. The molecule has 0 saturated carbocycles. The van der Waals surface area contributed by atoms with Crippen LogP contribution in [0.5, 0.6) is 0 Å². The van der Waals surface area contributed by atoms with Gasteiger partial charge in [0.2, 0.25) is 0 Å². The fourth-order valence-electron chi connectivity index (χ4n) is 2.16. The van der Waals surface area contributed by atoms with Gasteiger partial charge in [-0.25, -0.2) is 0 Å². The Kier molecular flexibility index (Phi) is 4.13. The molecule has 19 heavy (non-hydrogen) atoms. The Morgan fingerprint density at radius 1 is 1.68 bits per heavy atom. The molecule has 0 radical (unpaired) electrons. The second kappa shape index (κ2) is 5.64. The number of likely N-dealkylation sites (N-methyl/N-ethyl adjacent to an activating group) is 1. The molecule has 8 heteroatoms. The van der Waals surface area contributed by atoms with E-state index in [0.29, 0.717) is 13.2 Å². The highest BCUT2D eigenvalue weighted by atomic mass is 32.1. The van der Waals surface area contributed by atoms with Crippen LogP contribution in [-0.2, 0) is 16.1 Å². The van der Waals surface area contributed by atoms with Gasteiger partial charge in [0.1, 0.15) is 0 Å². The fraction of sp³-hybridized carbons (Fsp3) is 0.545. The molecule has 2 rings (SSSR count). The monoisotopic (exact) mass is 286 g/mol. The van der Waals surface area contributed by atoms with Gasteiger partial charge in [0.05, 0.1) is 24.1 Å². The van der Waals surface area contributed by atoms with Crippen molar-refractivity contribution in [1.29, 1.82) is 0 Å². The lowest BCUT2D eigenvalue weighted by atomic mass is 10.0. The van der Waals surface area contributed by atoms with Crippen LogP contribution in [0.1, 0.15) is 5.56 Å². The second-order valence-corrected chi connectivity index (χ2v) is 5.40. The van der Waals surface area contributed by atoms with E-state index in [1.165, 1.54) is 6.07 Å². The fourth-order valence-corrected chi connectivity index (χ4v) is 2.88. The Morgan fingerprint density at radius 2 is 2.42 bits per heavy atom. The Bertz CT molecular complexity index is 489. The van der Waals surface area contributed by atoms with E-state index in [9.17, 15) is 14.9 Å². The van der Waals surface area contributed by atoms with Crippen molar-refractivity contribution in [1.82, 2.24) is 4.90 Å². The Balaban J connectivity index is 2.01. The standard InChI is InChI=1S/C11H14N2O5S/c1-12(9-5-18-4-8(9)11(14)15)3-7-2-10(13(16)17)19-6-7/h2,6,8-9H,3-5H2,1H3,(H,14,15). The summed E-state index contributed by atoms with van der Waals surface area (Å²) in [6.45, 7) is 1.07. The molecule has 2 unspecified atom stereocenters.